The molecule has 0 aliphatic carbocycles. The van der Waals surface area contributed by atoms with Gasteiger partial charge in [-0.1, -0.05) is 23.7 Å². The fourth-order valence-corrected chi connectivity index (χ4v) is 4.35. The number of aliphatic imine (C=N–C) groups is 1. The number of fused-ring (bicyclic) bond motifs is 3. The summed E-state index contributed by atoms with van der Waals surface area (Å²) in [6, 6.07) is 14.5. The Labute approximate surface area is 250 Å². The van der Waals surface area contributed by atoms with E-state index >= 15 is 4.39 Å². The van der Waals surface area contributed by atoms with Crippen LogP contribution >= 0.6 is 11.6 Å². The molecule has 0 amide bonds. The Morgan fingerprint density at radius 2 is 1.82 bits per heavy atom. The molecule has 0 fully saturated rings. The minimum absolute atomic E-state index is 0. The summed E-state index contributed by atoms with van der Waals surface area (Å²) in [5, 5.41) is 12.9. The first-order valence-corrected chi connectivity index (χ1v) is 11.5. The summed E-state index contributed by atoms with van der Waals surface area (Å²) >= 11 is 6.35. The number of carbonyl (C=O) groups is 1. The normalized spacial score (nSPS) is 11.4. The van der Waals surface area contributed by atoms with Crippen molar-refractivity contribution >= 4 is 64.5 Å². The molecule has 2 heterocycles. The zero-order chi connectivity index (χ0) is 26.1. The molecule has 4 aromatic rings. The van der Waals surface area contributed by atoms with Crippen LogP contribution in [0, 0.1) is 5.82 Å². The van der Waals surface area contributed by atoms with Gasteiger partial charge in [-0.15, -0.1) is 0 Å². The van der Waals surface area contributed by atoms with Gasteiger partial charge in [-0.05, 0) is 36.4 Å². The maximum atomic E-state index is 15.0. The molecule has 0 atom stereocenters. The molecular formula is C27H23ClFN4NaO5. The maximum absolute atomic E-state index is 15.0. The first-order valence-electron chi connectivity index (χ1n) is 11.1. The van der Waals surface area contributed by atoms with Gasteiger partial charge < -0.3 is 25.4 Å². The second kappa shape index (κ2) is 12.5. The van der Waals surface area contributed by atoms with Crippen LogP contribution in [-0.2, 0) is 6.54 Å². The molecule has 1 aromatic heterocycles. The Hall–Kier alpha value is -3.54. The predicted molar refractivity (Wildman–Crippen MR) is 149 cm³/mol. The summed E-state index contributed by atoms with van der Waals surface area (Å²) in [6.07, 6.45) is 1.65. The number of aromatic nitrogens is 2. The van der Waals surface area contributed by atoms with Gasteiger partial charge in [-0.2, -0.15) is 0 Å². The Morgan fingerprint density at radius 1 is 1.05 bits per heavy atom. The average molecular weight is 561 g/mol. The molecule has 0 bridgehead atoms. The van der Waals surface area contributed by atoms with E-state index in [-0.39, 0.29) is 64.4 Å². The van der Waals surface area contributed by atoms with Crippen LogP contribution in [0.4, 0.5) is 16.0 Å². The number of nitrogens with zero attached hydrogens (tertiary/aromatic N) is 3. The molecule has 39 heavy (non-hydrogen) atoms. The van der Waals surface area contributed by atoms with Gasteiger partial charge in [-0.25, -0.2) is 19.2 Å². The zero-order valence-corrected chi connectivity index (χ0v) is 21.0. The van der Waals surface area contributed by atoms with Crippen molar-refractivity contribution in [1.29, 1.82) is 0 Å². The first-order chi connectivity index (χ1) is 17.9. The quantitative estimate of drug-likeness (QED) is 0.336. The average Bonchev–Trinajstić information content (AvgIpc) is 3.04. The number of benzene rings is 3. The van der Waals surface area contributed by atoms with E-state index in [4.69, 9.17) is 31.1 Å². The summed E-state index contributed by atoms with van der Waals surface area (Å²) in [6.45, 7) is 0.204. The van der Waals surface area contributed by atoms with Crippen LogP contribution in [0.15, 0.2) is 65.8 Å². The number of ether oxygens (including phenoxy) is 2. The van der Waals surface area contributed by atoms with Crippen LogP contribution in [0.2, 0.25) is 5.02 Å². The van der Waals surface area contributed by atoms with Gasteiger partial charge in [0, 0.05) is 39.7 Å². The van der Waals surface area contributed by atoms with E-state index in [9.17, 15) is 9.90 Å². The second-order valence-electron chi connectivity index (χ2n) is 8.08. The first kappa shape index (κ1) is 30.0. The minimum atomic E-state index is -1.10. The Bertz CT molecular complexity index is 1580. The molecule has 0 saturated heterocycles. The molecule has 1 aliphatic heterocycles. The molecule has 0 spiro atoms. The van der Waals surface area contributed by atoms with Gasteiger partial charge in [-0.3, -0.25) is 4.99 Å². The topological polar surface area (TPSA) is 137 Å². The van der Waals surface area contributed by atoms with Crippen molar-refractivity contribution in [1.82, 2.24) is 9.97 Å². The van der Waals surface area contributed by atoms with E-state index < -0.39 is 11.8 Å². The van der Waals surface area contributed by atoms with Crippen LogP contribution < -0.4 is 14.8 Å². The van der Waals surface area contributed by atoms with Crippen LogP contribution in [0.25, 0.3) is 11.3 Å². The number of halogens is 2. The van der Waals surface area contributed by atoms with Crippen molar-refractivity contribution in [2.75, 3.05) is 19.5 Å². The predicted octanol–water partition coefficient (Wildman–Crippen LogP) is 4.27. The van der Waals surface area contributed by atoms with Crippen molar-refractivity contribution in [3.63, 3.8) is 0 Å². The zero-order valence-electron chi connectivity index (χ0n) is 20.3. The van der Waals surface area contributed by atoms with E-state index in [2.05, 4.69) is 10.3 Å². The summed E-state index contributed by atoms with van der Waals surface area (Å²) in [5.41, 5.74) is 3.85. The number of hydrogen-bond acceptors (Lipinski definition) is 7. The standard InChI is InChI=1S/C27H20ClFN4O4.Na.H2O.H/c1-36-21-5-3-4-20(29)23(21)25-19-10-15(28)6-8-17(19)24-14(12-30-25)13-31-27(33-24)32-16-7-9-18(26(34)35)22(11-16)37-2;;;/h3-11,13H,12H2,1-2H3,(H,34,35)(H,31,32,33);;1H2;. The Balaban J connectivity index is 0.00000210. The molecule has 0 radical (unpaired) electrons. The number of anilines is 2. The van der Waals surface area contributed by atoms with Gasteiger partial charge >= 0.3 is 35.5 Å². The van der Waals surface area contributed by atoms with Gasteiger partial charge in [0.05, 0.1) is 37.7 Å². The van der Waals surface area contributed by atoms with Gasteiger partial charge in [0.15, 0.2) is 0 Å². The van der Waals surface area contributed by atoms with Gasteiger partial charge in [0.1, 0.15) is 22.9 Å². The van der Waals surface area contributed by atoms with Crippen molar-refractivity contribution < 1.29 is 29.2 Å². The van der Waals surface area contributed by atoms with Crippen molar-refractivity contribution in [3.05, 3.63) is 93.9 Å². The third-order valence-electron chi connectivity index (χ3n) is 5.88. The Morgan fingerprint density at radius 3 is 2.54 bits per heavy atom. The van der Waals surface area contributed by atoms with Crippen LogP contribution in [-0.4, -0.2) is 76.0 Å². The van der Waals surface area contributed by atoms with Gasteiger partial charge in [0.2, 0.25) is 5.95 Å². The molecule has 0 unspecified atom stereocenters. The summed E-state index contributed by atoms with van der Waals surface area (Å²) < 4.78 is 25.7. The molecular weight excluding hydrogens is 538 g/mol. The number of nitrogens with one attached hydrogen (secondary N) is 1. The second-order valence-corrected chi connectivity index (χ2v) is 8.52. The van der Waals surface area contributed by atoms with Crippen molar-refractivity contribution in [3.8, 4) is 22.8 Å². The van der Waals surface area contributed by atoms with Crippen molar-refractivity contribution in [2.45, 2.75) is 6.54 Å². The molecule has 1 aliphatic rings. The number of carboxylic acid groups (broad SMARTS) is 1. The van der Waals surface area contributed by atoms with E-state index in [1.54, 1.807) is 42.6 Å². The third-order valence-corrected chi connectivity index (χ3v) is 6.12. The fraction of sp³-hybridized carbons (Fsp3) is 0.111. The molecule has 3 aromatic carbocycles. The summed E-state index contributed by atoms with van der Waals surface area (Å²) in [7, 11) is 2.87. The summed E-state index contributed by atoms with van der Waals surface area (Å²) in [4.78, 5) is 25.2. The number of carboxylic acids is 1. The third kappa shape index (κ3) is 5.90. The van der Waals surface area contributed by atoms with Crippen LogP contribution in [0.1, 0.15) is 27.0 Å². The monoisotopic (exact) mass is 560 g/mol. The number of methoxy groups -OCH3 is 2. The number of rotatable bonds is 6. The molecule has 4 N–H and O–H groups in total. The Kier molecular flexibility index (Phi) is 9.65. The molecule has 9 nitrogen and oxygen atoms in total. The summed E-state index contributed by atoms with van der Waals surface area (Å²) in [5.74, 6) is -0.743. The number of hydrogen-bond donors (Lipinski definition) is 2. The SMILES string of the molecule is COc1cc(Nc2ncc3c(n2)-c2ccc(Cl)cc2C(c2c(F)cccc2OC)=NC3)ccc1C(=O)O.O.[NaH]. The number of aromatic carboxylic acids is 1. The molecule has 12 heteroatoms. The van der Waals surface area contributed by atoms with E-state index in [0.29, 0.717) is 39.0 Å². The molecule has 196 valence electrons. The van der Waals surface area contributed by atoms with Crippen molar-refractivity contribution in [2.24, 2.45) is 4.99 Å². The van der Waals surface area contributed by atoms with E-state index in [0.717, 1.165) is 5.56 Å². The molecule has 5 rings (SSSR count). The fourth-order valence-electron chi connectivity index (χ4n) is 4.18. The van der Waals surface area contributed by atoms with Gasteiger partial charge in [0.25, 0.3) is 0 Å². The van der Waals surface area contributed by atoms with E-state index in [1.807, 2.05) is 6.07 Å². The van der Waals surface area contributed by atoms with E-state index in [1.165, 1.54) is 26.4 Å². The van der Waals surface area contributed by atoms with Crippen LogP contribution in [0.5, 0.6) is 11.5 Å². The van der Waals surface area contributed by atoms with Crippen LogP contribution in [0.3, 0.4) is 0 Å². The molecule has 0 saturated carbocycles.